The highest BCUT2D eigenvalue weighted by Crippen LogP contribution is 2.32. The molecule has 6 heteroatoms. The molecule has 1 aromatic carbocycles. The van der Waals surface area contributed by atoms with Crippen molar-refractivity contribution < 1.29 is 4.39 Å². The maximum absolute atomic E-state index is 13.0. The Hall–Kier alpha value is -0.290. The molecule has 0 bridgehead atoms. The van der Waals surface area contributed by atoms with Crippen molar-refractivity contribution in [3.05, 3.63) is 48.8 Å². The van der Waals surface area contributed by atoms with Gasteiger partial charge in [-0.1, -0.05) is 23.2 Å². The normalized spacial score (nSPS) is 10.6. The van der Waals surface area contributed by atoms with Crippen LogP contribution in [-0.2, 0) is 6.54 Å². The van der Waals surface area contributed by atoms with Crippen LogP contribution in [0.1, 0.15) is 4.88 Å². The van der Waals surface area contributed by atoms with E-state index < -0.39 is 5.82 Å². The second kappa shape index (κ2) is 5.57. The van der Waals surface area contributed by atoms with Gasteiger partial charge in [-0.2, -0.15) is 0 Å². The second-order valence-corrected chi connectivity index (χ2v) is 5.96. The Bertz CT molecular complexity index is 521. The summed E-state index contributed by atoms with van der Waals surface area (Å²) in [7, 11) is 0. The van der Waals surface area contributed by atoms with E-state index in [0.717, 1.165) is 9.35 Å². The van der Waals surface area contributed by atoms with Crippen LogP contribution in [-0.4, -0.2) is 0 Å². The van der Waals surface area contributed by atoms with Crippen LogP contribution in [0.2, 0.25) is 10.0 Å². The van der Waals surface area contributed by atoms with Gasteiger partial charge in [0.1, 0.15) is 5.82 Å². The molecule has 0 aliphatic heterocycles. The average Bonchev–Trinajstić information content (AvgIpc) is 2.62. The zero-order chi connectivity index (χ0) is 12.4. The van der Waals surface area contributed by atoms with E-state index in [1.54, 1.807) is 11.3 Å². The third kappa shape index (κ3) is 3.13. The summed E-state index contributed by atoms with van der Waals surface area (Å²) in [6.07, 6.45) is 0. The van der Waals surface area contributed by atoms with Crippen molar-refractivity contribution in [1.82, 2.24) is 0 Å². The molecule has 0 saturated carbocycles. The highest BCUT2D eigenvalue weighted by molar-refractivity contribution is 9.10. The first-order valence-corrected chi connectivity index (χ1v) is 7.11. The highest BCUT2D eigenvalue weighted by Gasteiger charge is 2.09. The van der Waals surface area contributed by atoms with E-state index in [1.807, 2.05) is 11.4 Å². The molecule has 2 rings (SSSR count). The van der Waals surface area contributed by atoms with E-state index in [2.05, 4.69) is 21.2 Å². The summed E-state index contributed by atoms with van der Waals surface area (Å²) < 4.78 is 14.0. The standard InChI is InChI=1S/C11H7BrCl2FNS/c12-7-1-2-17-10(7)5-16-11-8(13)3-6(15)4-9(11)14/h1-4,16H,5H2. The van der Waals surface area contributed by atoms with Crippen LogP contribution in [0.15, 0.2) is 28.1 Å². The summed E-state index contributed by atoms with van der Waals surface area (Å²) in [5.74, 6) is -0.442. The van der Waals surface area contributed by atoms with Gasteiger partial charge in [-0.25, -0.2) is 4.39 Å². The molecule has 1 nitrogen and oxygen atoms in total. The summed E-state index contributed by atoms with van der Waals surface area (Å²) in [6, 6.07) is 4.44. The molecule has 0 aliphatic carbocycles. The summed E-state index contributed by atoms with van der Waals surface area (Å²) >= 11 is 16.9. The third-order valence-electron chi connectivity index (χ3n) is 2.12. The number of hydrogen-bond donors (Lipinski definition) is 1. The maximum atomic E-state index is 13.0. The lowest BCUT2D eigenvalue weighted by atomic mass is 10.3. The molecule has 1 aromatic heterocycles. The van der Waals surface area contributed by atoms with E-state index in [9.17, 15) is 4.39 Å². The number of benzene rings is 1. The van der Waals surface area contributed by atoms with Crippen LogP contribution in [0.25, 0.3) is 0 Å². The molecule has 0 unspecified atom stereocenters. The van der Waals surface area contributed by atoms with Crippen LogP contribution < -0.4 is 5.32 Å². The first-order chi connectivity index (χ1) is 8.08. The summed E-state index contributed by atoms with van der Waals surface area (Å²) in [5.41, 5.74) is 0.551. The fourth-order valence-electron chi connectivity index (χ4n) is 1.33. The predicted molar refractivity (Wildman–Crippen MR) is 75.8 cm³/mol. The quantitative estimate of drug-likeness (QED) is 0.759. The number of nitrogens with one attached hydrogen (secondary N) is 1. The smallest absolute Gasteiger partial charge is 0.126 e. The van der Waals surface area contributed by atoms with Gasteiger partial charge in [0.25, 0.3) is 0 Å². The first kappa shape index (κ1) is 13.1. The summed E-state index contributed by atoms with van der Waals surface area (Å²) in [4.78, 5) is 1.13. The lowest BCUT2D eigenvalue weighted by molar-refractivity contribution is 0.628. The van der Waals surface area contributed by atoms with Crippen molar-refractivity contribution in [1.29, 1.82) is 0 Å². The van der Waals surface area contributed by atoms with Gasteiger partial charge < -0.3 is 5.32 Å². The molecule has 90 valence electrons. The Morgan fingerprint density at radius 1 is 1.29 bits per heavy atom. The molecular weight excluding hydrogens is 348 g/mol. The molecule has 1 N–H and O–H groups in total. The number of rotatable bonds is 3. The molecule has 0 radical (unpaired) electrons. The molecule has 0 spiro atoms. The molecular formula is C11H7BrCl2FNS. The Kier molecular flexibility index (Phi) is 4.31. The van der Waals surface area contributed by atoms with Gasteiger partial charge >= 0.3 is 0 Å². The van der Waals surface area contributed by atoms with Gasteiger partial charge in [0.15, 0.2) is 0 Å². The van der Waals surface area contributed by atoms with Gasteiger partial charge in [-0.05, 0) is 39.5 Å². The van der Waals surface area contributed by atoms with Crippen LogP contribution in [0.5, 0.6) is 0 Å². The summed E-state index contributed by atoms with van der Waals surface area (Å²) in [6.45, 7) is 0.587. The lowest BCUT2D eigenvalue weighted by Crippen LogP contribution is -2.00. The molecule has 2 aromatic rings. The second-order valence-electron chi connectivity index (χ2n) is 3.29. The average molecular weight is 355 g/mol. The predicted octanol–water partition coefficient (Wildman–Crippen LogP) is 5.57. The largest absolute Gasteiger partial charge is 0.378 e. The SMILES string of the molecule is Fc1cc(Cl)c(NCc2sccc2Br)c(Cl)c1. The van der Waals surface area contributed by atoms with E-state index >= 15 is 0 Å². The van der Waals surface area contributed by atoms with Gasteiger partial charge in [-0.3, -0.25) is 0 Å². The van der Waals surface area contributed by atoms with Gasteiger partial charge in [0.2, 0.25) is 0 Å². The molecule has 17 heavy (non-hydrogen) atoms. The van der Waals surface area contributed by atoms with Crippen molar-refractivity contribution in [3.63, 3.8) is 0 Å². The minimum Gasteiger partial charge on any atom is -0.378 e. The number of hydrogen-bond acceptors (Lipinski definition) is 2. The Morgan fingerprint density at radius 2 is 1.94 bits per heavy atom. The minimum atomic E-state index is -0.442. The molecule has 0 aliphatic rings. The maximum Gasteiger partial charge on any atom is 0.126 e. The minimum absolute atomic E-state index is 0.280. The van der Waals surface area contributed by atoms with Crippen molar-refractivity contribution in [2.75, 3.05) is 5.32 Å². The monoisotopic (exact) mass is 353 g/mol. The van der Waals surface area contributed by atoms with Crippen molar-refractivity contribution in [2.45, 2.75) is 6.54 Å². The molecule has 0 atom stereocenters. The van der Waals surface area contributed by atoms with Crippen LogP contribution in [0.3, 0.4) is 0 Å². The fourth-order valence-corrected chi connectivity index (χ4v) is 3.36. The van der Waals surface area contributed by atoms with E-state index in [4.69, 9.17) is 23.2 Å². The van der Waals surface area contributed by atoms with Crippen LogP contribution in [0.4, 0.5) is 10.1 Å². The van der Waals surface area contributed by atoms with Crippen molar-refractivity contribution in [2.24, 2.45) is 0 Å². The lowest BCUT2D eigenvalue weighted by Gasteiger charge is -2.10. The first-order valence-electron chi connectivity index (χ1n) is 4.68. The van der Waals surface area contributed by atoms with Crippen LogP contribution >= 0.6 is 50.5 Å². The topological polar surface area (TPSA) is 12.0 Å². The number of halogens is 4. The van der Waals surface area contributed by atoms with Gasteiger partial charge in [0, 0.05) is 9.35 Å². The van der Waals surface area contributed by atoms with Crippen molar-refractivity contribution >= 4 is 56.2 Å². The van der Waals surface area contributed by atoms with E-state index in [0.29, 0.717) is 12.2 Å². The highest BCUT2D eigenvalue weighted by atomic mass is 79.9. The molecule has 0 saturated heterocycles. The van der Waals surface area contributed by atoms with E-state index in [1.165, 1.54) is 12.1 Å². The zero-order valence-electron chi connectivity index (χ0n) is 8.44. The Labute approximate surface area is 121 Å². The molecule has 0 fully saturated rings. The third-order valence-corrected chi connectivity index (χ3v) is 4.65. The molecule has 0 amide bonds. The van der Waals surface area contributed by atoms with Gasteiger partial charge in [-0.15, -0.1) is 11.3 Å². The number of thiophene rings is 1. The fraction of sp³-hybridized carbons (Fsp3) is 0.0909. The number of anilines is 1. The Balaban J connectivity index is 2.17. The van der Waals surface area contributed by atoms with Crippen LogP contribution in [0, 0.1) is 5.82 Å². The van der Waals surface area contributed by atoms with Gasteiger partial charge in [0.05, 0.1) is 22.3 Å². The Morgan fingerprint density at radius 3 is 2.47 bits per heavy atom. The molecule has 1 heterocycles. The van der Waals surface area contributed by atoms with Crippen molar-refractivity contribution in [3.8, 4) is 0 Å². The van der Waals surface area contributed by atoms with E-state index in [-0.39, 0.29) is 10.0 Å². The zero-order valence-corrected chi connectivity index (χ0v) is 12.4. The summed E-state index contributed by atoms with van der Waals surface area (Å²) in [5, 5.41) is 5.64.